The number of rotatable bonds is 2. The zero-order chi connectivity index (χ0) is 15.7. The number of ether oxygens (including phenoxy) is 1. The average Bonchev–Trinajstić information content (AvgIpc) is 2.98. The van der Waals surface area contributed by atoms with Crippen LogP contribution in [0.2, 0.25) is 0 Å². The van der Waals surface area contributed by atoms with E-state index < -0.39 is 11.7 Å². The second kappa shape index (κ2) is 5.26. The molecule has 3 rings (SSSR count). The fraction of sp³-hybridized carbons (Fsp3) is 0.286. The van der Waals surface area contributed by atoms with Crippen molar-refractivity contribution in [2.45, 2.75) is 12.7 Å². The van der Waals surface area contributed by atoms with Crippen LogP contribution in [0.15, 0.2) is 24.7 Å². The third-order valence-corrected chi connectivity index (χ3v) is 3.34. The van der Waals surface area contributed by atoms with Gasteiger partial charge in [0, 0.05) is 6.20 Å². The van der Waals surface area contributed by atoms with Gasteiger partial charge in [0.2, 0.25) is 0 Å². The summed E-state index contributed by atoms with van der Waals surface area (Å²) >= 11 is 0. The van der Waals surface area contributed by atoms with E-state index in [0.717, 1.165) is 6.07 Å². The van der Waals surface area contributed by atoms with Gasteiger partial charge in [0.15, 0.2) is 11.4 Å². The number of H-pyrrole nitrogens is 1. The molecule has 0 radical (unpaired) electrons. The van der Waals surface area contributed by atoms with Crippen LogP contribution >= 0.6 is 0 Å². The Morgan fingerprint density at radius 1 is 1.41 bits per heavy atom. The Bertz CT molecular complexity index is 719. The molecule has 2 aromatic rings. The molecule has 1 aromatic heterocycles. The maximum atomic E-state index is 13.2. The van der Waals surface area contributed by atoms with Gasteiger partial charge in [-0.2, -0.15) is 13.2 Å². The number of nitrogens with one attached hydrogen (secondary N) is 1. The maximum absolute atomic E-state index is 13.2. The van der Waals surface area contributed by atoms with Crippen molar-refractivity contribution in [3.8, 4) is 5.75 Å². The normalized spacial score (nSPS) is 14.2. The van der Waals surface area contributed by atoms with Crippen molar-refractivity contribution in [2.24, 2.45) is 0 Å². The maximum Gasteiger partial charge on any atom is 0.418 e. The van der Waals surface area contributed by atoms with Crippen LogP contribution in [0.4, 0.5) is 24.5 Å². The van der Waals surface area contributed by atoms with Gasteiger partial charge >= 0.3 is 6.18 Å². The molecule has 8 heteroatoms. The Hall–Kier alpha value is -2.69. The Morgan fingerprint density at radius 2 is 2.23 bits per heavy atom. The lowest BCUT2D eigenvalue weighted by atomic mass is 10.1. The van der Waals surface area contributed by atoms with E-state index in [-0.39, 0.29) is 23.7 Å². The van der Waals surface area contributed by atoms with Crippen LogP contribution < -0.4 is 9.64 Å². The molecule has 1 aliphatic rings. The molecule has 0 saturated carbocycles. The lowest BCUT2D eigenvalue weighted by Crippen LogP contribution is -2.33. The first-order valence-corrected chi connectivity index (χ1v) is 6.47. The van der Waals surface area contributed by atoms with E-state index in [4.69, 9.17) is 11.3 Å². The van der Waals surface area contributed by atoms with Crippen molar-refractivity contribution in [1.82, 2.24) is 9.97 Å². The fourth-order valence-electron chi connectivity index (χ4n) is 2.38. The molecule has 0 saturated heterocycles. The minimum absolute atomic E-state index is 0.0661. The van der Waals surface area contributed by atoms with Crippen molar-refractivity contribution in [3.63, 3.8) is 0 Å². The second-order valence-electron chi connectivity index (χ2n) is 4.78. The van der Waals surface area contributed by atoms with Gasteiger partial charge < -0.3 is 14.6 Å². The molecule has 1 aromatic carbocycles. The van der Waals surface area contributed by atoms with E-state index in [9.17, 15) is 13.2 Å². The molecule has 0 aliphatic carbocycles. The molecule has 0 bridgehead atoms. The quantitative estimate of drug-likeness (QED) is 0.865. The first-order valence-electron chi connectivity index (χ1n) is 6.47. The minimum Gasteiger partial charge on any atom is -0.489 e. The van der Waals surface area contributed by atoms with Crippen LogP contribution in [0.3, 0.4) is 0 Å². The average molecular weight is 308 g/mol. The van der Waals surface area contributed by atoms with Crippen LogP contribution in [-0.2, 0) is 12.7 Å². The first-order chi connectivity index (χ1) is 10.5. The lowest BCUT2D eigenvalue weighted by Gasteiger charge is -2.32. The standard InChI is InChI=1S/C14H11F3N4O/c1-18-9-4-11(14(15,16)17)13-12(5-9)21(2-3-22-13)7-10-6-19-8-20-10/h4-6,8H,2-3,7H2,(H,19,20). The molecule has 0 spiro atoms. The zero-order valence-corrected chi connectivity index (χ0v) is 11.3. The van der Waals surface area contributed by atoms with Gasteiger partial charge in [-0.3, -0.25) is 0 Å². The molecule has 1 aliphatic heterocycles. The third-order valence-electron chi connectivity index (χ3n) is 3.34. The SMILES string of the molecule is [C-]#[N+]c1cc2c(c(C(F)(F)F)c1)OCCN2Cc1c[nH]cn1. The topological polar surface area (TPSA) is 45.5 Å². The molecular weight excluding hydrogens is 297 g/mol. The zero-order valence-electron chi connectivity index (χ0n) is 11.3. The van der Waals surface area contributed by atoms with E-state index in [1.807, 2.05) is 0 Å². The molecule has 1 N–H and O–H groups in total. The number of alkyl halides is 3. The number of aromatic nitrogens is 2. The molecule has 114 valence electrons. The first kappa shape index (κ1) is 14.3. The summed E-state index contributed by atoms with van der Waals surface area (Å²) in [5, 5.41) is 0. The molecular formula is C14H11F3N4O. The van der Waals surface area contributed by atoms with Crippen molar-refractivity contribution < 1.29 is 17.9 Å². The summed E-state index contributed by atoms with van der Waals surface area (Å²) in [4.78, 5) is 11.7. The van der Waals surface area contributed by atoms with E-state index in [1.54, 1.807) is 11.1 Å². The predicted molar refractivity (Wildman–Crippen MR) is 72.8 cm³/mol. The Morgan fingerprint density at radius 3 is 2.86 bits per heavy atom. The monoisotopic (exact) mass is 308 g/mol. The fourth-order valence-corrected chi connectivity index (χ4v) is 2.38. The van der Waals surface area contributed by atoms with Crippen LogP contribution in [-0.4, -0.2) is 23.1 Å². The van der Waals surface area contributed by atoms with E-state index >= 15 is 0 Å². The van der Waals surface area contributed by atoms with Gasteiger partial charge in [-0.25, -0.2) is 9.83 Å². The molecule has 22 heavy (non-hydrogen) atoms. The van der Waals surface area contributed by atoms with E-state index in [1.165, 1.54) is 12.4 Å². The Labute approximate surface area is 124 Å². The Balaban J connectivity index is 2.07. The van der Waals surface area contributed by atoms with Gasteiger partial charge in [-0.15, -0.1) is 0 Å². The summed E-state index contributed by atoms with van der Waals surface area (Å²) in [5.74, 6) is -0.221. The summed E-state index contributed by atoms with van der Waals surface area (Å²) in [6.07, 6.45) is -1.38. The summed E-state index contributed by atoms with van der Waals surface area (Å²) in [7, 11) is 0. The number of hydrogen-bond acceptors (Lipinski definition) is 3. The smallest absolute Gasteiger partial charge is 0.418 e. The summed E-state index contributed by atoms with van der Waals surface area (Å²) in [5.41, 5.74) is -0.00368. The van der Waals surface area contributed by atoms with Crippen molar-refractivity contribution in [1.29, 1.82) is 0 Å². The Kier molecular flexibility index (Phi) is 3.41. The molecule has 0 atom stereocenters. The number of anilines is 1. The van der Waals surface area contributed by atoms with Crippen molar-refractivity contribution in [3.05, 3.63) is 47.3 Å². The summed E-state index contributed by atoms with van der Waals surface area (Å²) in [6, 6.07) is 2.24. The summed E-state index contributed by atoms with van der Waals surface area (Å²) in [6.45, 7) is 7.93. The number of aromatic amines is 1. The molecule has 5 nitrogen and oxygen atoms in total. The second-order valence-corrected chi connectivity index (χ2v) is 4.78. The highest BCUT2D eigenvalue weighted by atomic mass is 19.4. The number of halogens is 3. The van der Waals surface area contributed by atoms with Crippen molar-refractivity contribution in [2.75, 3.05) is 18.1 Å². The number of hydrogen-bond donors (Lipinski definition) is 1. The summed E-state index contributed by atoms with van der Waals surface area (Å²) < 4.78 is 44.8. The highest BCUT2D eigenvalue weighted by Crippen LogP contribution is 2.46. The molecule has 2 heterocycles. The van der Waals surface area contributed by atoms with Gasteiger partial charge in [-0.1, -0.05) is 0 Å². The van der Waals surface area contributed by atoms with Gasteiger partial charge in [0.1, 0.15) is 6.61 Å². The van der Waals surface area contributed by atoms with Crippen LogP contribution in [0.25, 0.3) is 4.85 Å². The van der Waals surface area contributed by atoms with Crippen molar-refractivity contribution >= 4 is 11.4 Å². The molecule has 0 fully saturated rings. The minimum atomic E-state index is -4.57. The molecule has 0 amide bonds. The predicted octanol–water partition coefficient (Wildman–Crippen LogP) is 3.38. The van der Waals surface area contributed by atoms with Gasteiger partial charge in [0.25, 0.3) is 0 Å². The third kappa shape index (κ3) is 2.57. The lowest BCUT2D eigenvalue weighted by molar-refractivity contribution is -0.138. The van der Waals surface area contributed by atoms with Crippen LogP contribution in [0.5, 0.6) is 5.75 Å². The molecule has 0 unspecified atom stereocenters. The number of fused-ring (bicyclic) bond motifs is 1. The highest BCUT2D eigenvalue weighted by Gasteiger charge is 2.38. The van der Waals surface area contributed by atoms with Gasteiger partial charge in [0.05, 0.1) is 42.9 Å². The van der Waals surface area contributed by atoms with Gasteiger partial charge in [-0.05, 0) is 12.1 Å². The van der Waals surface area contributed by atoms with Crippen LogP contribution in [0.1, 0.15) is 11.3 Å². The van der Waals surface area contributed by atoms with E-state index in [0.29, 0.717) is 18.8 Å². The number of benzene rings is 1. The highest BCUT2D eigenvalue weighted by molar-refractivity contribution is 5.71. The van der Waals surface area contributed by atoms with Crippen LogP contribution in [0, 0.1) is 6.57 Å². The van der Waals surface area contributed by atoms with E-state index in [2.05, 4.69) is 14.8 Å². The largest absolute Gasteiger partial charge is 0.489 e. The number of imidazole rings is 1. The number of nitrogens with zero attached hydrogens (tertiary/aromatic N) is 3.